The number of benzene rings is 2. The van der Waals surface area contributed by atoms with Gasteiger partial charge in [-0.15, -0.1) is 0 Å². The Morgan fingerprint density at radius 2 is 1.87 bits per heavy atom. The third kappa shape index (κ3) is 3.68. The third-order valence-electron chi connectivity index (χ3n) is 5.92. The number of aryl methyl sites for hydroxylation is 2. The Morgan fingerprint density at radius 1 is 1.03 bits per heavy atom. The molecule has 0 radical (unpaired) electrons. The quantitative estimate of drug-likeness (QED) is 0.610. The molecule has 1 atom stereocenters. The standard InChI is InChI=1S/C22H23N3O5S/c1-14-5-7-18(10-15(14)2)31(26,27)25-9-3-4-17(12-25)22-23-21(24-30-22)16-6-8-19-20(11-16)29-13-28-19/h5-8,10-11,17H,3-4,9,12-13H2,1-2H3/t17-/m0/s1. The van der Waals surface area contributed by atoms with E-state index in [9.17, 15) is 8.42 Å². The molecule has 1 aromatic heterocycles. The van der Waals surface area contributed by atoms with Crippen molar-refractivity contribution >= 4 is 10.0 Å². The Hall–Kier alpha value is -2.91. The lowest BCUT2D eigenvalue weighted by molar-refractivity contribution is 0.174. The lowest BCUT2D eigenvalue weighted by atomic mass is 10.00. The highest BCUT2D eigenvalue weighted by Gasteiger charge is 2.33. The van der Waals surface area contributed by atoms with Gasteiger partial charge in [0.05, 0.1) is 10.8 Å². The number of piperidine rings is 1. The van der Waals surface area contributed by atoms with Gasteiger partial charge in [-0.25, -0.2) is 8.42 Å². The first-order valence-corrected chi connectivity index (χ1v) is 11.7. The van der Waals surface area contributed by atoms with E-state index in [0.717, 1.165) is 29.5 Å². The molecule has 0 N–H and O–H groups in total. The summed E-state index contributed by atoms with van der Waals surface area (Å²) in [6, 6.07) is 10.7. The van der Waals surface area contributed by atoms with Gasteiger partial charge in [0.2, 0.25) is 28.5 Å². The van der Waals surface area contributed by atoms with Gasteiger partial charge >= 0.3 is 0 Å². The number of ether oxygens (including phenoxy) is 2. The summed E-state index contributed by atoms with van der Waals surface area (Å²) >= 11 is 0. The second-order valence-electron chi connectivity index (χ2n) is 7.97. The van der Waals surface area contributed by atoms with Gasteiger partial charge in [0.25, 0.3) is 0 Å². The first-order chi connectivity index (χ1) is 14.9. The summed E-state index contributed by atoms with van der Waals surface area (Å²) < 4.78 is 44.2. The molecule has 2 aromatic carbocycles. The van der Waals surface area contributed by atoms with Gasteiger partial charge in [0, 0.05) is 18.7 Å². The number of hydrogen-bond donors (Lipinski definition) is 0. The molecule has 8 nitrogen and oxygen atoms in total. The average Bonchev–Trinajstić information content (AvgIpc) is 3.45. The molecule has 3 aromatic rings. The molecule has 2 aliphatic heterocycles. The molecule has 3 heterocycles. The van der Waals surface area contributed by atoms with Crippen LogP contribution in [-0.4, -0.2) is 42.7 Å². The minimum absolute atomic E-state index is 0.148. The normalized spacial score (nSPS) is 19.0. The number of nitrogens with zero attached hydrogens (tertiary/aromatic N) is 3. The number of aromatic nitrogens is 2. The van der Waals surface area contributed by atoms with Crippen molar-refractivity contribution in [1.82, 2.24) is 14.4 Å². The molecule has 0 bridgehead atoms. The highest BCUT2D eigenvalue weighted by molar-refractivity contribution is 7.89. The van der Waals surface area contributed by atoms with E-state index in [0.29, 0.717) is 41.2 Å². The first kappa shape index (κ1) is 20.0. The maximum Gasteiger partial charge on any atom is 0.243 e. The molecule has 0 amide bonds. The molecule has 0 spiro atoms. The van der Waals surface area contributed by atoms with E-state index in [1.54, 1.807) is 12.1 Å². The summed E-state index contributed by atoms with van der Waals surface area (Å²) in [6.07, 6.45) is 1.53. The van der Waals surface area contributed by atoms with Gasteiger partial charge < -0.3 is 14.0 Å². The van der Waals surface area contributed by atoms with E-state index >= 15 is 0 Å². The second-order valence-corrected chi connectivity index (χ2v) is 9.91. The molecule has 31 heavy (non-hydrogen) atoms. The topological polar surface area (TPSA) is 94.8 Å². The molecule has 162 valence electrons. The van der Waals surface area contributed by atoms with Gasteiger partial charge in [0.15, 0.2) is 11.5 Å². The predicted octanol–water partition coefficient (Wildman–Crippen LogP) is 3.65. The van der Waals surface area contributed by atoms with Crippen molar-refractivity contribution in [2.45, 2.75) is 37.5 Å². The zero-order valence-corrected chi connectivity index (χ0v) is 18.2. The van der Waals surface area contributed by atoms with Crippen LogP contribution in [0.3, 0.4) is 0 Å². The predicted molar refractivity (Wildman–Crippen MR) is 113 cm³/mol. The Bertz CT molecular complexity index is 1240. The SMILES string of the molecule is Cc1ccc(S(=O)(=O)N2CCC[C@H](c3nc(-c4ccc5c(c4)OCO5)no3)C2)cc1C. The van der Waals surface area contributed by atoms with Crippen molar-refractivity contribution in [2.75, 3.05) is 19.9 Å². The van der Waals surface area contributed by atoms with Gasteiger partial charge in [-0.2, -0.15) is 9.29 Å². The lowest BCUT2D eigenvalue weighted by Gasteiger charge is -2.30. The Balaban J connectivity index is 1.37. The maximum absolute atomic E-state index is 13.2. The molecule has 0 unspecified atom stereocenters. The zero-order chi connectivity index (χ0) is 21.6. The molecule has 5 rings (SSSR count). The minimum Gasteiger partial charge on any atom is -0.454 e. The fourth-order valence-corrected chi connectivity index (χ4v) is 5.55. The third-order valence-corrected chi connectivity index (χ3v) is 7.78. The highest BCUT2D eigenvalue weighted by Crippen LogP contribution is 2.36. The van der Waals surface area contributed by atoms with E-state index in [1.807, 2.05) is 38.1 Å². The van der Waals surface area contributed by atoms with Crippen LogP contribution >= 0.6 is 0 Å². The van der Waals surface area contributed by atoms with Gasteiger partial charge in [-0.3, -0.25) is 0 Å². The molecule has 2 aliphatic rings. The monoisotopic (exact) mass is 441 g/mol. The largest absolute Gasteiger partial charge is 0.454 e. The average molecular weight is 442 g/mol. The number of sulfonamides is 1. The molecule has 9 heteroatoms. The lowest BCUT2D eigenvalue weighted by Crippen LogP contribution is -2.39. The molecular formula is C22H23N3O5S. The molecule has 0 aliphatic carbocycles. The van der Waals surface area contributed by atoms with Crippen LogP contribution in [0.5, 0.6) is 11.5 Å². The van der Waals surface area contributed by atoms with Crippen LogP contribution in [0.25, 0.3) is 11.4 Å². The van der Waals surface area contributed by atoms with Crippen molar-refractivity contribution in [3.05, 3.63) is 53.4 Å². The summed E-state index contributed by atoms with van der Waals surface area (Å²) in [5.41, 5.74) is 2.78. The zero-order valence-electron chi connectivity index (χ0n) is 17.4. The number of hydrogen-bond acceptors (Lipinski definition) is 7. The highest BCUT2D eigenvalue weighted by atomic mass is 32.2. The van der Waals surface area contributed by atoms with Gasteiger partial charge in [-0.05, 0) is 68.1 Å². The van der Waals surface area contributed by atoms with Crippen molar-refractivity contribution in [1.29, 1.82) is 0 Å². The van der Waals surface area contributed by atoms with E-state index in [2.05, 4.69) is 10.1 Å². The van der Waals surface area contributed by atoms with Gasteiger partial charge in [-0.1, -0.05) is 11.2 Å². The fraction of sp³-hybridized carbons (Fsp3) is 0.364. The smallest absolute Gasteiger partial charge is 0.243 e. The van der Waals surface area contributed by atoms with Crippen molar-refractivity contribution < 1.29 is 22.4 Å². The van der Waals surface area contributed by atoms with Crippen molar-refractivity contribution in [2.24, 2.45) is 0 Å². The Morgan fingerprint density at radius 3 is 2.71 bits per heavy atom. The summed E-state index contributed by atoms with van der Waals surface area (Å²) in [6.45, 7) is 4.88. The Labute approximate surface area is 180 Å². The van der Waals surface area contributed by atoms with E-state index in [4.69, 9.17) is 14.0 Å². The summed E-state index contributed by atoms with van der Waals surface area (Å²) in [4.78, 5) is 4.87. The van der Waals surface area contributed by atoms with Crippen LogP contribution in [0.1, 0.15) is 35.8 Å². The van der Waals surface area contributed by atoms with Crippen LogP contribution in [0.4, 0.5) is 0 Å². The second kappa shape index (κ2) is 7.65. The van der Waals surface area contributed by atoms with Crippen LogP contribution in [0.15, 0.2) is 45.8 Å². The molecule has 1 fully saturated rings. The number of fused-ring (bicyclic) bond motifs is 1. The number of rotatable bonds is 4. The van der Waals surface area contributed by atoms with Crippen molar-refractivity contribution in [3.63, 3.8) is 0 Å². The Kier molecular flexibility index (Phi) is 4.94. The molecular weight excluding hydrogens is 418 g/mol. The molecule has 1 saturated heterocycles. The maximum atomic E-state index is 13.2. The van der Waals surface area contributed by atoms with E-state index < -0.39 is 10.0 Å². The summed E-state index contributed by atoms with van der Waals surface area (Å²) in [7, 11) is -3.58. The van der Waals surface area contributed by atoms with Crippen LogP contribution in [0, 0.1) is 13.8 Å². The molecule has 0 saturated carbocycles. The van der Waals surface area contributed by atoms with Crippen LogP contribution < -0.4 is 9.47 Å². The summed E-state index contributed by atoms with van der Waals surface area (Å²) in [5.74, 6) is 2.08. The van der Waals surface area contributed by atoms with Crippen molar-refractivity contribution in [3.8, 4) is 22.9 Å². The first-order valence-electron chi connectivity index (χ1n) is 10.2. The fourth-order valence-electron chi connectivity index (χ4n) is 3.94. The summed E-state index contributed by atoms with van der Waals surface area (Å²) in [5, 5.41) is 4.10. The van der Waals surface area contributed by atoms with E-state index in [1.165, 1.54) is 4.31 Å². The minimum atomic E-state index is -3.58. The van der Waals surface area contributed by atoms with E-state index in [-0.39, 0.29) is 12.7 Å². The van der Waals surface area contributed by atoms with Crippen LogP contribution in [-0.2, 0) is 10.0 Å². The van der Waals surface area contributed by atoms with Gasteiger partial charge in [0.1, 0.15) is 0 Å². The van der Waals surface area contributed by atoms with Crippen LogP contribution in [0.2, 0.25) is 0 Å².